The summed E-state index contributed by atoms with van der Waals surface area (Å²) in [5.41, 5.74) is -0.364. The lowest BCUT2D eigenvalue weighted by atomic mass is 10.1. The Morgan fingerprint density at radius 1 is 1.32 bits per heavy atom. The first-order valence-corrected chi connectivity index (χ1v) is 6.90. The molecule has 22 heavy (non-hydrogen) atoms. The van der Waals surface area contributed by atoms with Crippen LogP contribution in [0, 0.1) is 12.8 Å². The molecule has 1 saturated carbocycles. The molecular weight excluding hydrogens is 295 g/mol. The van der Waals surface area contributed by atoms with Gasteiger partial charge in [0.05, 0.1) is 16.9 Å². The number of aryl methyl sites for hydroxylation is 1. The maximum Gasteiger partial charge on any atom is 0.418 e. The molecule has 116 valence electrons. The fourth-order valence-electron chi connectivity index (χ4n) is 2.24. The predicted molar refractivity (Wildman–Crippen MR) is 74.7 cm³/mol. The van der Waals surface area contributed by atoms with Crippen LogP contribution in [-0.2, 0) is 11.0 Å². The standard InChI is InChI=1S/C15H14F3N3O/c1-9-8-13(19-14(22)10-6-7-10)21(20-9)12-5-3-2-4-11(12)15(16,17)18/h2-5,8,10H,6-7H2,1H3,(H,19,22). The van der Waals surface area contributed by atoms with Gasteiger partial charge in [0.1, 0.15) is 5.82 Å². The molecule has 0 radical (unpaired) electrons. The molecule has 1 N–H and O–H groups in total. The van der Waals surface area contributed by atoms with Gasteiger partial charge in [0.15, 0.2) is 0 Å². The molecule has 0 unspecified atom stereocenters. The summed E-state index contributed by atoms with van der Waals surface area (Å²) in [7, 11) is 0. The number of para-hydroxylation sites is 1. The fourth-order valence-corrected chi connectivity index (χ4v) is 2.24. The second-order valence-corrected chi connectivity index (χ2v) is 5.36. The quantitative estimate of drug-likeness (QED) is 0.942. The highest BCUT2D eigenvalue weighted by Gasteiger charge is 2.35. The number of carbonyl (C=O) groups excluding carboxylic acids is 1. The average molecular weight is 309 g/mol. The van der Waals surface area contributed by atoms with E-state index < -0.39 is 11.7 Å². The van der Waals surface area contributed by atoms with Gasteiger partial charge in [-0.3, -0.25) is 4.79 Å². The van der Waals surface area contributed by atoms with E-state index >= 15 is 0 Å². The summed E-state index contributed by atoms with van der Waals surface area (Å²) in [5, 5.41) is 6.75. The van der Waals surface area contributed by atoms with E-state index in [0.717, 1.165) is 23.6 Å². The molecule has 3 rings (SSSR count). The zero-order chi connectivity index (χ0) is 15.9. The number of nitrogens with one attached hydrogen (secondary N) is 1. The Morgan fingerprint density at radius 3 is 2.64 bits per heavy atom. The number of amides is 1. The molecule has 4 nitrogen and oxygen atoms in total. The van der Waals surface area contributed by atoms with Gasteiger partial charge in [-0.2, -0.15) is 18.3 Å². The highest BCUT2D eigenvalue weighted by Crippen LogP contribution is 2.35. The number of aromatic nitrogens is 2. The number of hydrogen-bond acceptors (Lipinski definition) is 2. The van der Waals surface area contributed by atoms with Crippen molar-refractivity contribution in [1.82, 2.24) is 9.78 Å². The van der Waals surface area contributed by atoms with E-state index in [1.54, 1.807) is 13.0 Å². The Bertz CT molecular complexity index is 717. The van der Waals surface area contributed by atoms with E-state index in [2.05, 4.69) is 10.4 Å². The minimum Gasteiger partial charge on any atom is -0.310 e. The van der Waals surface area contributed by atoms with Gasteiger partial charge in [0.25, 0.3) is 0 Å². The normalized spacial score (nSPS) is 14.9. The van der Waals surface area contributed by atoms with Gasteiger partial charge in [-0.15, -0.1) is 0 Å². The van der Waals surface area contributed by atoms with Crippen molar-refractivity contribution in [1.29, 1.82) is 0 Å². The zero-order valence-electron chi connectivity index (χ0n) is 11.8. The van der Waals surface area contributed by atoms with E-state index in [9.17, 15) is 18.0 Å². The maximum absolute atomic E-state index is 13.1. The number of benzene rings is 1. The summed E-state index contributed by atoms with van der Waals surface area (Å²) in [6, 6.07) is 6.73. The van der Waals surface area contributed by atoms with Gasteiger partial charge < -0.3 is 5.32 Å². The molecule has 1 aromatic heterocycles. The molecule has 1 fully saturated rings. The number of alkyl halides is 3. The summed E-state index contributed by atoms with van der Waals surface area (Å²) < 4.78 is 40.6. The van der Waals surface area contributed by atoms with Crippen LogP contribution in [0.5, 0.6) is 0 Å². The maximum atomic E-state index is 13.1. The van der Waals surface area contributed by atoms with Gasteiger partial charge in [-0.05, 0) is 31.9 Å². The lowest BCUT2D eigenvalue weighted by Crippen LogP contribution is -2.18. The first-order chi connectivity index (χ1) is 10.4. The second-order valence-electron chi connectivity index (χ2n) is 5.36. The Balaban J connectivity index is 2.03. The average Bonchev–Trinajstić information content (AvgIpc) is 3.23. The lowest BCUT2D eigenvalue weighted by Gasteiger charge is -2.15. The predicted octanol–water partition coefficient (Wildman–Crippen LogP) is 3.55. The fraction of sp³-hybridized carbons (Fsp3) is 0.333. The van der Waals surface area contributed by atoms with Crippen molar-refractivity contribution >= 4 is 11.7 Å². The third-order valence-corrected chi connectivity index (χ3v) is 3.47. The van der Waals surface area contributed by atoms with E-state index in [-0.39, 0.29) is 23.3 Å². The summed E-state index contributed by atoms with van der Waals surface area (Å²) in [6.07, 6.45) is -2.86. The molecule has 1 aromatic carbocycles. The lowest BCUT2D eigenvalue weighted by molar-refractivity contribution is -0.137. The molecule has 0 spiro atoms. The Labute approximate surface area is 124 Å². The van der Waals surface area contributed by atoms with Gasteiger partial charge in [0.2, 0.25) is 5.91 Å². The highest BCUT2D eigenvalue weighted by atomic mass is 19.4. The molecule has 1 amide bonds. The number of carbonyl (C=O) groups is 1. The Morgan fingerprint density at radius 2 is 2.00 bits per heavy atom. The van der Waals surface area contributed by atoms with Crippen LogP contribution in [0.15, 0.2) is 30.3 Å². The molecule has 0 atom stereocenters. The minimum absolute atomic E-state index is 0.0403. The van der Waals surface area contributed by atoms with Crippen LogP contribution >= 0.6 is 0 Å². The van der Waals surface area contributed by atoms with Crippen molar-refractivity contribution in [2.45, 2.75) is 25.9 Å². The molecule has 1 heterocycles. The number of hydrogen-bond donors (Lipinski definition) is 1. The third-order valence-electron chi connectivity index (χ3n) is 3.47. The number of halogens is 3. The first kappa shape index (κ1) is 14.6. The van der Waals surface area contributed by atoms with E-state index in [0.29, 0.717) is 5.69 Å². The van der Waals surface area contributed by atoms with Crippen molar-refractivity contribution in [2.75, 3.05) is 5.32 Å². The van der Waals surface area contributed by atoms with Crippen molar-refractivity contribution in [3.05, 3.63) is 41.6 Å². The smallest absolute Gasteiger partial charge is 0.310 e. The van der Waals surface area contributed by atoms with Crippen molar-refractivity contribution in [2.24, 2.45) is 5.92 Å². The van der Waals surface area contributed by atoms with Gasteiger partial charge >= 0.3 is 6.18 Å². The van der Waals surface area contributed by atoms with Crippen molar-refractivity contribution < 1.29 is 18.0 Å². The van der Waals surface area contributed by atoms with Crippen LogP contribution in [-0.4, -0.2) is 15.7 Å². The zero-order valence-corrected chi connectivity index (χ0v) is 11.8. The summed E-state index contributed by atoms with van der Waals surface area (Å²) in [4.78, 5) is 11.9. The van der Waals surface area contributed by atoms with Crippen LogP contribution in [0.1, 0.15) is 24.1 Å². The molecule has 0 aliphatic heterocycles. The minimum atomic E-state index is -4.49. The third kappa shape index (κ3) is 2.84. The van der Waals surface area contributed by atoms with E-state index in [1.165, 1.54) is 18.2 Å². The number of anilines is 1. The molecule has 0 saturated heterocycles. The van der Waals surface area contributed by atoms with E-state index in [4.69, 9.17) is 0 Å². The van der Waals surface area contributed by atoms with Gasteiger partial charge in [0, 0.05) is 12.0 Å². The van der Waals surface area contributed by atoms with Crippen molar-refractivity contribution in [3.63, 3.8) is 0 Å². The van der Waals surface area contributed by atoms with Crippen LogP contribution in [0.25, 0.3) is 5.69 Å². The molecule has 1 aliphatic rings. The molecule has 7 heteroatoms. The van der Waals surface area contributed by atoms with E-state index in [1.807, 2.05) is 0 Å². The first-order valence-electron chi connectivity index (χ1n) is 6.90. The second kappa shape index (κ2) is 5.15. The SMILES string of the molecule is Cc1cc(NC(=O)C2CC2)n(-c2ccccc2C(F)(F)F)n1. The van der Waals surface area contributed by atoms with Crippen LogP contribution in [0.3, 0.4) is 0 Å². The summed E-state index contributed by atoms with van der Waals surface area (Å²) in [6.45, 7) is 1.67. The van der Waals surface area contributed by atoms with Crippen LogP contribution in [0.4, 0.5) is 19.0 Å². The van der Waals surface area contributed by atoms with Crippen molar-refractivity contribution in [3.8, 4) is 5.69 Å². The molecule has 2 aromatic rings. The summed E-state index contributed by atoms with van der Waals surface area (Å²) >= 11 is 0. The van der Waals surface area contributed by atoms with Crippen LogP contribution in [0.2, 0.25) is 0 Å². The number of rotatable bonds is 3. The molecule has 0 bridgehead atoms. The monoisotopic (exact) mass is 309 g/mol. The Kier molecular flexibility index (Phi) is 3.42. The summed E-state index contributed by atoms with van der Waals surface area (Å²) in [5.74, 6) is 0.0401. The largest absolute Gasteiger partial charge is 0.418 e. The highest BCUT2D eigenvalue weighted by molar-refractivity contribution is 5.93. The molecular formula is C15H14F3N3O. The number of nitrogens with zero attached hydrogens (tertiary/aromatic N) is 2. The van der Waals surface area contributed by atoms with Crippen LogP contribution < -0.4 is 5.32 Å². The Hall–Kier alpha value is -2.31. The topological polar surface area (TPSA) is 46.9 Å². The van der Waals surface area contributed by atoms with Gasteiger partial charge in [-0.25, -0.2) is 4.68 Å². The van der Waals surface area contributed by atoms with Gasteiger partial charge in [-0.1, -0.05) is 12.1 Å². The molecule has 1 aliphatic carbocycles.